The van der Waals surface area contributed by atoms with Crippen LogP contribution in [0.3, 0.4) is 0 Å². The molecule has 1 aliphatic heterocycles. The number of hydrazone groups is 1. The van der Waals surface area contributed by atoms with Gasteiger partial charge in [-0.2, -0.15) is 20.9 Å². The van der Waals surface area contributed by atoms with Crippen LogP contribution in [-0.2, 0) is 0 Å². The van der Waals surface area contributed by atoms with Crippen LogP contribution in [-0.4, -0.2) is 11.2 Å². The first-order valence-corrected chi connectivity index (χ1v) is 7.84. The molecule has 2 aromatic carbocycles. The van der Waals surface area contributed by atoms with E-state index in [2.05, 4.69) is 5.10 Å². The smallest absolute Gasteiger partial charge is 0.208 e. The largest absolute Gasteiger partial charge is 0.383 e. The fourth-order valence-electron chi connectivity index (χ4n) is 3.00. The van der Waals surface area contributed by atoms with Gasteiger partial charge in [-0.15, -0.1) is 0 Å². The van der Waals surface area contributed by atoms with Gasteiger partial charge >= 0.3 is 0 Å². The Labute approximate surface area is 151 Å². The molecule has 0 bridgehead atoms. The highest BCUT2D eigenvalue weighted by Crippen LogP contribution is 2.50. The lowest BCUT2D eigenvalue weighted by Crippen LogP contribution is -2.31. The van der Waals surface area contributed by atoms with E-state index in [0.717, 1.165) is 5.56 Å². The predicted molar refractivity (Wildman–Crippen MR) is 95.5 cm³/mol. The summed E-state index contributed by atoms with van der Waals surface area (Å²) in [6.07, 6.45) is 1.59. The zero-order chi connectivity index (χ0) is 18.6. The van der Waals surface area contributed by atoms with Crippen molar-refractivity contribution < 1.29 is 0 Å². The van der Waals surface area contributed by atoms with Gasteiger partial charge in [-0.1, -0.05) is 60.7 Å². The van der Waals surface area contributed by atoms with Crippen LogP contribution in [0.5, 0.6) is 0 Å². The Balaban J connectivity index is 2.16. The van der Waals surface area contributed by atoms with E-state index in [1.165, 1.54) is 5.01 Å². The van der Waals surface area contributed by atoms with Crippen molar-refractivity contribution in [2.75, 3.05) is 0 Å². The monoisotopic (exact) mass is 338 g/mol. The summed E-state index contributed by atoms with van der Waals surface area (Å²) in [6.45, 7) is 0. The summed E-state index contributed by atoms with van der Waals surface area (Å²) in [6, 6.07) is 23.5. The van der Waals surface area contributed by atoms with E-state index < -0.39 is 11.5 Å². The topological polar surface area (TPSA) is 113 Å². The molecular weight excluding hydrogens is 324 g/mol. The second kappa shape index (κ2) is 6.81. The molecule has 2 aromatic rings. The zero-order valence-electron chi connectivity index (χ0n) is 13.7. The normalized spacial score (nSPS) is 18.3. The first-order valence-electron chi connectivity index (χ1n) is 7.84. The Kier molecular flexibility index (Phi) is 4.39. The number of hydrogen-bond donors (Lipinski definition) is 1. The van der Waals surface area contributed by atoms with Crippen LogP contribution in [0.1, 0.15) is 17.2 Å². The number of rotatable bonds is 3. The van der Waals surface area contributed by atoms with Crippen LogP contribution in [0.25, 0.3) is 0 Å². The average Bonchev–Trinajstić information content (AvgIpc) is 2.95. The molecule has 0 amide bonds. The van der Waals surface area contributed by atoms with Gasteiger partial charge in [0.15, 0.2) is 0 Å². The third kappa shape index (κ3) is 2.55. The lowest BCUT2D eigenvalue weighted by Gasteiger charge is -2.28. The third-order valence-electron chi connectivity index (χ3n) is 4.26. The second-order valence-electron chi connectivity index (χ2n) is 5.72. The van der Waals surface area contributed by atoms with Gasteiger partial charge in [-0.05, 0) is 11.1 Å². The van der Waals surface area contributed by atoms with Crippen molar-refractivity contribution in [3.8, 4) is 18.2 Å². The summed E-state index contributed by atoms with van der Waals surface area (Å²) in [5, 5.41) is 34.9. The fraction of sp³-hybridized carbons (Fsp3) is 0.100. The van der Waals surface area contributed by atoms with E-state index in [4.69, 9.17) is 5.73 Å². The molecule has 6 heteroatoms. The molecule has 124 valence electrons. The summed E-state index contributed by atoms with van der Waals surface area (Å²) in [7, 11) is 0. The molecule has 0 aromatic heterocycles. The molecule has 26 heavy (non-hydrogen) atoms. The lowest BCUT2D eigenvalue weighted by molar-refractivity contribution is 0.242. The summed E-state index contributed by atoms with van der Waals surface area (Å²) in [5.74, 6) is 0.0108. The van der Waals surface area contributed by atoms with Gasteiger partial charge in [0.25, 0.3) is 0 Å². The number of nitrogens with zero attached hydrogens (tertiary/aromatic N) is 5. The first kappa shape index (κ1) is 16.8. The number of benzene rings is 2. The van der Waals surface area contributed by atoms with E-state index in [1.54, 1.807) is 30.5 Å². The Bertz CT molecular complexity index is 973. The van der Waals surface area contributed by atoms with Crippen LogP contribution < -0.4 is 5.73 Å². The molecule has 1 heterocycles. The standard InChI is InChI=1S/C20H14N6/c21-11-17-19(24)26(25-12-15-7-3-1-4-8-15)18(20(17,13-22)14-23)16-9-5-2-6-10-16/h1-10,12,18H,24H2/b25-12-/t18-/m1/s1. The number of hydrogen-bond acceptors (Lipinski definition) is 6. The number of nitrogens with two attached hydrogens (primary N) is 1. The quantitative estimate of drug-likeness (QED) is 0.865. The molecule has 0 fully saturated rings. The minimum Gasteiger partial charge on any atom is -0.383 e. The Morgan fingerprint density at radius 3 is 2.08 bits per heavy atom. The minimum atomic E-state index is -1.73. The van der Waals surface area contributed by atoms with Crippen molar-refractivity contribution in [2.24, 2.45) is 16.3 Å². The summed E-state index contributed by atoms with van der Waals surface area (Å²) in [4.78, 5) is 0. The summed E-state index contributed by atoms with van der Waals surface area (Å²) < 4.78 is 0. The Morgan fingerprint density at radius 1 is 0.962 bits per heavy atom. The maximum atomic E-state index is 9.78. The van der Waals surface area contributed by atoms with E-state index in [-0.39, 0.29) is 11.4 Å². The van der Waals surface area contributed by atoms with Gasteiger partial charge in [-0.25, -0.2) is 5.01 Å². The first-order chi connectivity index (χ1) is 12.7. The zero-order valence-corrected chi connectivity index (χ0v) is 13.7. The van der Waals surface area contributed by atoms with E-state index >= 15 is 0 Å². The van der Waals surface area contributed by atoms with Gasteiger partial charge in [0.2, 0.25) is 5.41 Å². The molecule has 0 radical (unpaired) electrons. The molecule has 3 rings (SSSR count). The van der Waals surface area contributed by atoms with Crippen molar-refractivity contribution in [1.29, 1.82) is 15.8 Å². The second-order valence-corrected chi connectivity index (χ2v) is 5.72. The SMILES string of the molecule is N#CC1=C(N)N(/N=C\c2ccccc2)[C@H](c2ccccc2)C1(C#N)C#N. The molecule has 0 spiro atoms. The number of nitriles is 3. The highest BCUT2D eigenvalue weighted by Gasteiger charge is 2.55. The molecule has 1 aliphatic rings. The van der Waals surface area contributed by atoms with Crippen molar-refractivity contribution >= 4 is 6.21 Å². The molecule has 2 N–H and O–H groups in total. The van der Waals surface area contributed by atoms with Crippen LogP contribution in [0.2, 0.25) is 0 Å². The van der Waals surface area contributed by atoms with E-state index in [9.17, 15) is 15.8 Å². The fourth-order valence-corrected chi connectivity index (χ4v) is 3.00. The van der Waals surface area contributed by atoms with E-state index in [1.807, 2.05) is 54.6 Å². The minimum absolute atomic E-state index is 0.0108. The van der Waals surface area contributed by atoms with Gasteiger partial charge in [0.1, 0.15) is 23.5 Å². The Hall–Kier alpha value is -4.08. The third-order valence-corrected chi connectivity index (χ3v) is 4.26. The maximum absolute atomic E-state index is 9.78. The molecule has 1 atom stereocenters. The maximum Gasteiger partial charge on any atom is 0.208 e. The van der Waals surface area contributed by atoms with Crippen molar-refractivity contribution in [3.63, 3.8) is 0 Å². The molecule has 0 saturated heterocycles. The molecule has 0 unspecified atom stereocenters. The van der Waals surface area contributed by atoms with Gasteiger partial charge in [0, 0.05) is 0 Å². The van der Waals surface area contributed by atoms with Crippen LogP contribution in [0.15, 0.2) is 77.2 Å². The van der Waals surface area contributed by atoms with E-state index in [0.29, 0.717) is 5.56 Å². The molecule has 6 nitrogen and oxygen atoms in total. The molecule has 0 saturated carbocycles. The average molecular weight is 338 g/mol. The summed E-state index contributed by atoms with van der Waals surface area (Å²) in [5.41, 5.74) is 5.82. The van der Waals surface area contributed by atoms with Crippen molar-refractivity contribution in [3.05, 3.63) is 83.2 Å². The highest BCUT2D eigenvalue weighted by atomic mass is 15.5. The summed E-state index contributed by atoms with van der Waals surface area (Å²) >= 11 is 0. The lowest BCUT2D eigenvalue weighted by atomic mass is 9.76. The van der Waals surface area contributed by atoms with Gasteiger partial charge in [-0.3, -0.25) is 0 Å². The van der Waals surface area contributed by atoms with Crippen molar-refractivity contribution in [1.82, 2.24) is 5.01 Å². The molecule has 0 aliphatic carbocycles. The Morgan fingerprint density at radius 2 is 1.54 bits per heavy atom. The molecular formula is C20H14N6. The van der Waals surface area contributed by atoms with Crippen LogP contribution >= 0.6 is 0 Å². The van der Waals surface area contributed by atoms with Crippen LogP contribution in [0.4, 0.5) is 0 Å². The highest BCUT2D eigenvalue weighted by molar-refractivity contribution is 5.79. The van der Waals surface area contributed by atoms with Crippen molar-refractivity contribution in [2.45, 2.75) is 6.04 Å². The predicted octanol–water partition coefficient (Wildman–Crippen LogP) is 2.80. The van der Waals surface area contributed by atoms with Gasteiger partial charge in [0.05, 0.1) is 18.4 Å². The van der Waals surface area contributed by atoms with Crippen LogP contribution in [0, 0.1) is 39.4 Å². The van der Waals surface area contributed by atoms with Gasteiger partial charge < -0.3 is 5.73 Å².